The normalized spacial score (nSPS) is 11.7. The molecule has 2 rings (SSSR count). The number of phenolic OH excluding ortho intramolecular Hbond substituents is 1. The molecule has 2 N–H and O–H groups in total. The number of fused-ring (bicyclic) bond motifs is 1. The highest BCUT2D eigenvalue weighted by molar-refractivity contribution is 5.92. The van der Waals surface area contributed by atoms with Gasteiger partial charge in [0.05, 0.1) is 5.56 Å². The molecule has 0 saturated heterocycles. The molecule has 1 aromatic carbocycles. The van der Waals surface area contributed by atoms with E-state index in [1.165, 1.54) is 24.3 Å². The maximum atomic E-state index is 11.9. The van der Waals surface area contributed by atoms with Crippen molar-refractivity contribution in [3.63, 3.8) is 0 Å². The zero-order valence-corrected chi connectivity index (χ0v) is 15.6. The Morgan fingerprint density at radius 1 is 1.26 bits per heavy atom. The quantitative estimate of drug-likeness (QED) is 0.349. The number of nitrogens with one attached hydrogen (secondary N) is 1. The Hall–Kier alpha value is -3.09. The lowest BCUT2D eigenvalue weighted by Crippen LogP contribution is -2.26. The third kappa shape index (κ3) is 6.62. The van der Waals surface area contributed by atoms with Crippen molar-refractivity contribution in [2.45, 2.75) is 39.2 Å². The number of rotatable bonds is 6. The molecule has 7 heteroatoms. The summed E-state index contributed by atoms with van der Waals surface area (Å²) in [5.74, 6) is -0.698. The Morgan fingerprint density at radius 3 is 2.70 bits per heavy atom. The molecule has 0 atom stereocenters. The fourth-order valence-electron chi connectivity index (χ4n) is 2.29. The van der Waals surface area contributed by atoms with E-state index in [4.69, 9.17) is 9.15 Å². The summed E-state index contributed by atoms with van der Waals surface area (Å²) in [6.07, 6.45) is 3.26. The Balaban J connectivity index is 1.87. The molecule has 0 fully saturated rings. The predicted molar refractivity (Wildman–Crippen MR) is 101 cm³/mol. The average Bonchev–Trinajstić information content (AvgIpc) is 2.55. The molecule has 1 aromatic heterocycles. The zero-order valence-electron chi connectivity index (χ0n) is 15.6. The molecular formula is C20H23NO6. The number of phenols is 1. The van der Waals surface area contributed by atoms with Crippen LogP contribution in [0.3, 0.4) is 0 Å². The molecule has 7 nitrogen and oxygen atoms in total. The summed E-state index contributed by atoms with van der Waals surface area (Å²) in [4.78, 5) is 35.3. The Morgan fingerprint density at radius 2 is 2.00 bits per heavy atom. The standard InChI is InChI=1S/C20H23NO6/c1-20(2,3)27-18(24)5-4-10-21-17(23)9-7-14-11-13-6-8-15(22)12-16(13)26-19(14)25/h6-9,11-12,22H,4-5,10H2,1-3H3,(H,21,23)/b9-7+. The molecule has 1 amide bonds. The number of hydrogen-bond donors (Lipinski definition) is 2. The molecule has 0 aliphatic heterocycles. The summed E-state index contributed by atoms with van der Waals surface area (Å²) in [7, 11) is 0. The Labute approximate surface area is 156 Å². The first-order chi connectivity index (χ1) is 12.6. The third-order valence-corrected chi connectivity index (χ3v) is 3.44. The van der Waals surface area contributed by atoms with E-state index in [0.717, 1.165) is 0 Å². The summed E-state index contributed by atoms with van der Waals surface area (Å²) in [5.41, 5.74) is -0.647. The second kappa shape index (κ2) is 8.53. The minimum absolute atomic E-state index is 0.000276. The maximum absolute atomic E-state index is 11.9. The topological polar surface area (TPSA) is 106 Å². The van der Waals surface area contributed by atoms with Gasteiger partial charge in [0.15, 0.2) is 0 Å². The number of benzene rings is 1. The van der Waals surface area contributed by atoms with Crippen molar-refractivity contribution in [2.24, 2.45) is 0 Å². The number of aromatic hydroxyl groups is 1. The van der Waals surface area contributed by atoms with Crippen LogP contribution in [-0.4, -0.2) is 29.1 Å². The highest BCUT2D eigenvalue weighted by Gasteiger charge is 2.15. The van der Waals surface area contributed by atoms with E-state index in [2.05, 4.69) is 5.32 Å². The van der Waals surface area contributed by atoms with Gasteiger partial charge in [0.1, 0.15) is 16.9 Å². The summed E-state index contributed by atoms with van der Waals surface area (Å²) in [6, 6.07) is 6.02. The lowest BCUT2D eigenvalue weighted by Gasteiger charge is -2.19. The fraction of sp³-hybridized carbons (Fsp3) is 0.350. The van der Waals surface area contributed by atoms with Gasteiger partial charge in [0.25, 0.3) is 0 Å². The van der Waals surface area contributed by atoms with Crippen LogP contribution in [0.25, 0.3) is 17.0 Å². The van der Waals surface area contributed by atoms with Crippen molar-refractivity contribution in [3.05, 3.63) is 46.3 Å². The monoisotopic (exact) mass is 373 g/mol. The second-order valence-electron chi connectivity index (χ2n) is 7.03. The van der Waals surface area contributed by atoms with E-state index >= 15 is 0 Å². The first-order valence-corrected chi connectivity index (χ1v) is 8.59. The van der Waals surface area contributed by atoms with Crippen LogP contribution in [0.4, 0.5) is 0 Å². The van der Waals surface area contributed by atoms with Crippen molar-refractivity contribution < 1.29 is 23.8 Å². The van der Waals surface area contributed by atoms with Crippen molar-refractivity contribution in [2.75, 3.05) is 6.54 Å². The van der Waals surface area contributed by atoms with Gasteiger partial charge in [-0.3, -0.25) is 9.59 Å². The van der Waals surface area contributed by atoms with Crippen LogP contribution in [0.2, 0.25) is 0 Å². The molecule has 144 valence electrons. The van der Waals surface area contributed by atoms with Crippen LogP contribution in [0.15, 0.2) is 39.6 Å². The van der Waals surface area contributed by atoms with Crippen molar-refractivity contribution in [1.82, 2.24) is 5.32 Å². The molecule has 0 radical (unpaired) electrons. The average molecular weight is 373 g/mol. The van der Waals surface area contributed by atoms with Crippen molar-refractivity contribution >= 4 is 28.9 Å². The van der Waals surface area contributed by atoms with Crippen LogP contribution < -0.4 is 10.9 Å². The van der Waals surface area contributed by atoms with Gasteiger partial charge in [-0.1, -0.05) is 0 Å². The van der Waals surface area contributed by atoms with Gasteiger partial charge in [-0.2, -0.15) is 0 Å². The highest BCUT2D eigenvalue weighted by Crippen LogP contribution is 2.19. The van der Waals surface area contributed by atoms with E-state index in [1.807, 2.05) is 0 Å². The van der Waals surface area contributed by atoms with E-state index in [9.17, 15) is 19.5 Å². The lowest BCUT2D eigenvalue weighted by molar-refractivity contribution is -0.154. The van der Waals surface area contributed by atoms with Crippen molar-refractivity contribution in [1.29, 1.82) is 0 Å². The molecule has 0 saturated carbocycles. The van der Waals surface area contributed by atoms with Gasteiger partial charge < -0.3 is 19.6 Å². The molecule has 0 aliphatic rings. The molecule has 2 aromatic rings. The molecule has 0 aliphatic carbocycles. The largest absolute Gasteiger partial charge is 0.508 e. The smallest absolute Gasteiger partial charge is 0.343 e. The van der Waals surface area contributed by atoms with Crippen molar-refractivity contribution in [3.8, 4) is 5.75 Å². The molecule has 0 bridgehead atoms. The van der Waals surface area contributed by atoms with E-state index < -0.39 is 11.2 Å². The Bertz CT molecular complexity index is 920. The summed E-state index contributed by atoms with van der Waals surface area (Å²) < 4.78 is 10.3. The highest BCUT2D eigenvalue weighted by atomic mass is 16.6. The van der Waals surface area contributed by atoms with E-state index in [0.29, 0.717) is 18.4 Å². The molecule has 1 heterocycles. The van der Waals surface area contributed by atoms with Gasteiger partial charge >= 0.3 is 11.6 Å². The van der Waals surface area contributed by atoms with Gasteiger partial charge in [-0.15, -0.1) is 0 Å². The fourth-order valence-corrected chi connectivity index (χ4v) is 2.29. The van der Waals surface area contributed by atoms with Gasteiger partial charge in [-0.05, 0) is 51.5 Å². The SMILES string of the molecule is CC(C)(C)OC(=O)CCCNC(=O)/C=C/c1cc2ccc(O)cc2oc1=O. The first-order valence-electron chi connectivity index (χ1n) is 8.59. The first kappa shape index (κ1) is 20.2. The minimum Gasteiger partial charge on any atom is -0.508 e. The molecular weight excluding hydrogens is 350 g/mol. The molecule has 27 heavy (non-hydrogen) atoms. The Kier molecular flexibility index (Phi) is 6.39. The van der Waals surface area contributed by atoms with Crippen LogP contribution in [0, 0.1) is 0 Å². The van der Waals surface area contributed by atoms with E-state index in [1.54, 1.807) is 32.9 Å². The van der Waals surface area contributed by atoms with Gasteiger partial charge in [-0.25, -0.2) is 4.79 Å². The number of ether oxygens (including phenoxy) is 1. The van der Waals surface area contributed by atoms with Crippen LogP contribution in [-0.2, 0) is 14.3 Å². The lowest BCUT2D eigenvalue weighted by atomic mass is 10.1. The summed E-state index contributed by atoms with van der Waals surface area (Å²) in [6.45, 7) is 5.70. The minimum atomic E-state index is -0.609. The summed E-state index contributed by atoms with van der Waals surface area (Å²) in [5, 5.41) is 12.7. The maximum Gasteiger partial charge on any atom is 0.343 e. The number of esters is 1. The summed E-state index contributed by atoms with van der Waals surface area (Å²) >= 11 is 0. The number of hydrogen-bond acceptors (Lipinski definition) is 6. The number of carbonyl (C=O) groups is 2. The second-order valence-corrected chi connectivity index (χ2v) is 7.03. The van der Waals surface area contributed by atoms with Crippen LogP contribution in [0.1, 0.15) is 39.2 Å². The van der Waals surface area contributed by atoms with Crippen LogP contribution >= 0.6 is 0 Å². The third-order valence-electron chi connectivity index (χ3n) is 3.44. The zero-order chi connectivity index (χ0) is 20.0. The number of carbonyl (C=O) groups excluding carboxylic acids is 2. The van der Waals surface area contributed by atoms with E-state index in [-0.39, 0.29) is 35.2 Å². The molecule has 0 unspecified atom stereocenters. The van der Waals surface area contributed by atoms with Gasteiger partial charge in [0.2, 0.25) is 5.91 Å². The van der Waals surface area contributed by atoms with Crippen LogP contribution in [0.5, 0.6) is 5.75 Å². The predicted octanol–water partition coefficient (Wildman–Crippen LogP) is 2.75. The molecule has 0 spiro atoms. The van der Waals surface area contributed by atoms with Gasteiger partial charge in [0, 0.05) is 30.5 Å². The number of amides is 1.